The number of imidazole rings is 1. The predicted octanol–water partition coefficient (Wildman–Crippen LogP) is 3.12. The minimum absolute atomic E-state index is 0.215. The number of halogens is 1. The fraction of sp³-hybridized carbons (Fsp3) is 0.308. The first-order valence-corrected chi connectivity index (χ1v) is 6.50. The summed E-state index contributed by atoms with van der Waals surface area (Å²) in [7, 11) is 0. The average molecular weight is 294 g/mol. The van der Waals surface area contributed by atoms with Gasteiger partial charge in [-0.25, -0.2) is 4.98 Å². The van der Waals surface area contributed by atoms with Crippen molar-refractivity contribution in [3.05, 3.63) is 40.8 Å². The standard InChI is InChI=1S/C13H16BrN3/c1-9(15)6-7-13-16-8-12(17-13)10-4-2-3-5-11(10)14/h2-5,8-9H,6-7,15H2,1H3,(H,16,17). The summed E-state index contributed by atoms with van der Waals surface area (Å²) in [6.45, 7) is 2.01. The van der Waals surface area contributed by atoms with Crippen LogP contribution in [0.15, 0.2) is 34.9 Å². The Labute approximate surface area is 110 Å². The van der Waals surface area contributed by atoms with E-state index in [-0.39, 0.29) is 6.04 Å². The molecule has 0 aliphatic carbocycles. The van der Waals surface area contributed by atoms with Gasteiger partial charge in [0.05, 0.1) is 11.9 Å². The number of aromatic amines is 1. The Kier molecular flexibility index (Phi) is 3.97. The van der Waals surface area contributed by atoms with Gasteiger partial charge >= 0.3 is 0 Å². The smallest absolute Gasteiger partial charge is 0.106 e. The molecule has 2 rings (SSSR count). The molecule has 90 valence electrons. The number of hydrogen-bond acceptors (Lipinski definition) is 2. The highest BCUT2D eigenvalue weighted by molar-refractivity contribution is 9.10. The number of rotatable bonds is 4. The zero-order valence-corrected chi connectivity index (χ0v) is 11.4. The van der Waals surface area contributed by atoms with Gasteiger partial charge in [0.1, 0.15) is 5.82 Å². The van der Waals surface area contributed by atoms with Crippen LogP contribution in [0.25, 0.3) is 11.3 Å². The molecule has 1 aromatic carbocycles. The number of aryl methyl sites for hydroxylation is 1. The summed E-state index contributed by atoms with van der Waals surface area (Å²) < 4.78 is 1.07. The summed E-state index contributed by atoms with van der Waals surface area (Å²) in [4.78, 5) is 7.70. The summed E-state index contributed by atoms with van der Waals surface area (Å²) >= 11 is 3.54. The first-order valence-electron chi connectivity index (χ1n) is 5.71. The van der Waals surface area contributed by atoms with E-state index in [9.17, 15) is 0 Å². The van der Waals surface area contributed by atoms with Gasteiger partial charge < -0.3 is 10.7 Å². The Morgan fingerprint density at radius 3 is 2.88 bits per heavy atom. The molecule has 1 unspecified atom stereocenters. The minimum Gasteiger partial charge on any atom is -0.342 e. The van der Waals surface area contributed by atoms with Crippen molar-refractivity contribution in [2.75, 3.05) is 0 Å². The fourth-order valence-corrected chi connectivity index (χ4v) is 2.17. The van der Waals surface area contributed by atoms with E-state index in [4.69, 9.17) is 5.73 Å². The van der Waals surface area contributed by atoms with Crippen molar-refractivity contribution in [2.24, 2.45) is 5.73 Å². The minimum atomic E-state index is 0.215. The van der Waals surface area contributed by atoms with Crippen LogP contribution >= 0.6 is 15.9 Å². The molecule has 0 saturated carbocycles. The number of benzene rings is 1. The Hall–Kier alpha value is -1.13. The second kappa shape index (κ2) is 5.47. The lowest BCUT2D eigenvalue weighted by molar-refractivity contribution is 0.652. The molecular weight excluding hydrogens is 278 g/mol. The van der Waals surface area contributed by atoms with Gasteiger partial charge in [-0.1, -0.05) is 34.1 Å². The van der Waals surface area contributed by atoms with E-state index in [2.05, 4.69) is 32.0 Å². The van der Waals surface area contributed by atoms with Crippen LogP contribution in [-0.4, -0.2) is 16.0 Å². The van der Waals surface area contributed by atoms with Crippen LogP contribution in [0.1, 0.15) is 19.2 Å². The Bertz CT molecular complexity index is 491. The number of aromatic nitrogens is 2. The van der Waals surface area contributed by atoms with E-state index in [0.29, 0.717) is 0 Å². The first-order chi connectivity index (χ1) is 8.16. The molecule has 3 N–H and O–H groups in total. The number of H-pyrrole nitrogens is 1. The third kappa shape index (κ3) is 3.17. The molecule has 4 heteroatoms. The van der Waals surface area contributed by atoms with Gasteiger partial charge in [0.2, 0.25) is 0 Å². The fourth-order valence-electron chi connectivity index (χ4n) is 1.67. The Morgan fingerprint density at radius 1 is 1.41 bits per heavy atom. The normalized spacial score (nSPS) is 12.6. The van der Waals surface area contributed by atoms with Crippen molar-refractivity contribution in [1.29, 1.82) is 0 Å². The number of nitrogens with two attached hydrogens (primary N) is 1. The molecule has 1 aromatic heterocycles. The summed E-state index contributed by atoms with van der Waals surface area (Å²) in [5, 5.41) is 0. The van der Waals surface area contributed by atoms with Crippen LogP contribution in [0, 0.1) is 0 Å². The molecule has 0 radical (unpaired) electrons. The molecule has 3 nitrogen and oxygen atoms in total. The molecule has 17 heavy (non-hydrogen) atoms. The van der Waals surface area contributed by atoms with E-state index < -0.39 is 0 Å². The molecule has 0 aliphatic rings. The van der Waals surface area contributed by atoms with E-state index in [1.165, 1.54) is 0 Å². The van der Waals surface area contributed by atoms with Crippen LogP contribution in [0.3, 0.4) is 0 Å². The zero-order chi connectivity index (χ0) is 12.3. The predicted molar refractivity (Wildman–Crippen MR) is 73.7 cm³/mol. The maximum atomic E-state index is 5.73. The third-order valence-electron chi connectivity index (χ3n) is 2.63. The highest BCUT2D eigenvalue weighted by Gasteiger charge is 2.06. The lowest BCUT2D eigenvalue weighted by Crippen LogP contribution is -2.15. The summed E-state index contributed by atoms with van der Waals surface area (Å²) in [6.07, 6.45) is 3.71. The maximum absolute atomic E-state index is 5.73. The van der Waals surface area contributed by atoms with E-state index >= 15 is 0 Å². The molecule has 0 bridgehead atoms. The van der Waals surface area contributed by atoms with E-state index in [1.54, 1.807) is 0 Å². The lowest BCUT2D eigenvalue weighted by atomic mass is 10.2. The summed E-state index contributed by atoms with van der Waals surface area (Å²) in [5.74, 6) is 0.994. The number of hydrogen-bond donors (Lipinski definition) is 2. The quantitative estimate of drug-likeness (QED) is 0.910. The molecule has 0 amide bonds. The van der Waals surface area contributed by atoms with Gasteiger partial charge in [-0.15, -0.1) is 0 Å². The van der Waals surface area contributed by atoms with Crippen LogP contribution < -0.4 is 5.73 Å². The van der Waals surface area contributed by atoms with Crippen molar-refractivity contribution < 1.29 is 0 Å². The average Bonchev–Trinajstić information content (AvgIpc) is 2.75. The summed E-state index contributed by atoms with van der Waals surface area (Å²) in [5.41, 5.74) is 7.90. The molecule has 0 aliphatic heterocycles. The largest absolute Gasteiger partial charge is 0.342 e. The number of nitrogens with zero attached hydrogens (tertiary/aromatic N) is 1. The van der Waals surface area contributed by atoms with Gasteiger partial charge in [0, 0.05) is 22.5 Å². The maximum Gasteiger partial charge on any atom is 0.106 e. The van der Waals surface area contributed by atoms with E-state index in [0.717, 1.165) is 34.4 Å². The Balaban J connectivity index is 2.16. The van der Waals surface area contributed by atoms with Gasteiger partial charge in [-0.2, -0.15) is 0 Å². The highest BCUT2D eigenvalue weighted by atomic mass is 79.9. The molecule has 1 heterocycles. The zero-order valence-electron chi connectivity index (χ0n) is 9.78. The van der Waals surface area contributed by atoms with Crippen molar-refractivity contribution in [3.63, 3.8) is 0 Å². The van der Waals surface area contributed by atoms with Crippen LogP contribution in [0.5, 0.6) is 0 Å². The lowest BCUT2D eigenvalue weighted by Gasteiger charge is -2.02. The SMILES string of the molecule is CC(N)CCc1ncc(-c2ccccc2Br)[nH]1. The second-order valence-corrected chi connectivity index (χ2v) is 5.09. The van der Waals surface area contributed by atoms with Gasteiger partial charge in [-0.05, 0) is 19.4 Å². The van der Waals surface area contributed by atoms with Crippen molar-refractivity contribution >= 4 is 15.9 Å². The Morgan fingerprint density at radius 2 is 2.18 bits per heavy atom. The molecule has 0 saturated heterocycles. The first kappa shape index (κ1) is 12.3. The molecule has 0 spiro atoms. The van der Waals surface area contributed by atoms with Crippen molar-refractivity contribution in [2.45, 2.75) is 25.8 Å². The van der Waals surface area contributed by atoms with Crippen LogP contribution in [0.4, 0.5) is 0 Å². The van der Waals surface area contributed by atoms with Crippen LogP contribution in [-0.2, 0) is 6.42 Å². The van der Waals surface area contributed by atoms with Crippen molar-refractivity contribution in [3.8, 4) is 11.3 Å². The summed E-state index contributed by atoms with van der Waals surface area (Å²) in [6, 6.07) is 8.32. The topological polar surface area (TPSA) is 54.7 Å². The van der Waals surface area contributed by atoms with Gasteiger partial charge in [0.25, 0.3) is 0 Å². The number of nitrogens with one attached hydrogen (secondary N) is 1. The third-order valence-corrected chi connectivity index (χ3v) is 3.32. The molecule has 0 fully saturated rings. The second-order valence-electron chi connectivity index (χ2n) is 4.24. The van der Waals surface area contributed by atoms with E-state index in [1.807, 2.05) is 31.3 Å². The van der Waals surface area contributed by atoms with Gasteiger partial charge in [-0.3, -0.25) is 0 Å². The molecule has 2 aromatic rings. The molecular formula is C13H16BrN3. The van der Waals surface area contributed by atoms with Gasteiger partial charge in [0.15, 0.2) is 0 Å². The van der Waals surface area contributed by atoms with Crippen LogP contribution in [0.2, 0.25) is 0 Å². The van der Waals surface area contributed by atoms with Crippen molar-refractivity contribution in [1.82, 2.24) is 9.97 Å². The monoisotopic (exact) mass is 293 g/mol. The molecule has 1 atom stereocenters. The highest BCUT2D eigenvalue weighted by Crippen LogP contribution is 2.26.